The monoisotopic (exact) mass is 317 g/mol. The molecule has 124 valence electrons. The number of hydrogen-bond donors (Lipinski definition) is 2. The topological polar surface area (TPSA) is 73.6 Å². The lowest BCUT2D eigenvalue weighted by atomic mass is 9.90. The van der Waals surface area contributed by atoms with Crippen LogP contribution in [0.5, 0.6) is 0 Å². The van der Waals surface area contributed by atoms with Crippen LogP contribution in [0.25, 0.3) is 0 Å². The van der Waals surface area contributed by atoms with Crippen molar-refractivity contribution in [2.45, 2.75) is 38.5 Å². The second kappa shape index (κ2) is 7.91. The lowest BCUT2D eigenvalue weighted by molar-refractivity contribution is -0.0505. The maximum Gasteiger partial charge on any atom is 0.281 e. The molecule has 0 spiro atoms. The molecule has 0 aliphatic rings. The zero-order chi connectivity index (χ0) is 16.8. The Labute approximate surface area is 128 Å². The van der Waals surface area contributed by atoms with Crippen LogP contribution in [-0.2, 0) is 4.74 Å². The number of benzene rings is 1. The molecule has 4 N–H and O–H groups in total. The molecule has 4 nitrogen and oxygen atoms in total. The van der Waals surface area contributed by atoms with E-state index >= 15 is 0 Å². The Morgan fingerprint density at radius 3 is 2.64 bits per heavy atom. The molecule has 1 aromatic rings. The standard InChI is InChI=1S/C15H22F3N3O/c1-3-7-15(17,18)12(9-22-14(20)21-4-2)11-8-10(19)5-6-13(11)16/h5-6,8,12H,3-4,7,9,19H2,1-2H3,(H2,20,21)/t12-/m0/s1. The van der Waals surface area contributed by atoms with Gasteiger partial charge in [0, 0.05) is 24.2 Å². The van der Waals surface area contributed by atoms with Gasteiger partial charge in [-0.3, -0.25) is 0 Å². The van der Waals surface area contributed by atoms with Gasteiger partial charge in [-0.05, 0) is 25.1 Å². The predicted molar refractivity (Wildman–Crippen MR) is 81.5 cm³/mol. The molecule has 0 amide bonds. The summed E-state index contributed by atoms with van der Waals surface area (Å²) < 4.78 is 47.7. The minimum absolute atomic E-state index is 0.178. The summed E-state index contributed by atoms with van der Waals surface area (Å²) in [5, 5.41) is 0. The lowest BCUT2D eigenvalue weighted by Gasteiger charge is -2.27. The molecule has 0 heterocycles. The Bertz CT molecular complexity index is 521. The SMILES string of the molecule is CCCC(F)(F)[C@@H](COC(N)=NCC)c1cc(N)ccc1F. The second-order valence-corrected chi connectivity index (χ2v) is 4.97. The highest BCUT2D eigenvalue weighted by molar-refractivity contribution is 5.71. The smallest absolute Gasteiger partial charge is 0.281 e. The average molecular weight is 317 g/mol. The number of nitrogens with two attached hydrogens (primary N) is 2. The number of halogens is 3. The molecule has 22 heavy (non-hydrogen) atoms. The fourth-order valence-electron chi connectivity index (χ4n) is 2.15. The fraction of sp³-hybridized carbons (Fsp3) is 0.533. The van der Waals surface area contributed by atoms with Crippen molar-refractivity contribution in [3.05, 3.63) is 29.6 Å². The summed E-state index contributed by atoms with van der Waals surface area (Å²) >= 11 is 0. The fourth-order valence-corrected chi connectivity index (χ4v) is 2.15. The molecule has 0 bridgehead atoms. The largest absolute Gasteiger partial charge is 0.465 e. The Morgan fingerprint density at radius 2 is 2.05 bits per heavy atom. The van der Waals surface area contributed by atoms with E-state index in [-0.39, 0.29) is 30.1 Å². The summed E-state index contributed by atoms with van der Waals surface area (Å²) in [7, 11) is 0. The molecule has 0 aliphatic heterocycles. The summed E-state index contributed by atoms with van der Waals surface area (Å²) in [6, 6.07) is 3.41. The van der Waals surface area contributed by atoms with Gasteiger partial charge in [0.1, 0.15) is 12.4 Å². The van der Waals surface area contributed by atoms with Gasteiger partial charge < -0.3 is 16.2 Å². The van der Waals surface area contributed by atoms with Crippen LogP contribution in [0.3, 0.4) is 0 Å². The molecule has 0 saturated carbocycles. The predicted octanol–water partition coefficient (Wildman–Crippen LogP) is 3.28. The van der Waals surface area contributed by atoms with E-state index in [0.717, 1.165) is 6.07 Å². The third-order valence-corrected chi connectivity index (χ3v) is 3.20. The van der Waals surface area contributed by atoms with Crippen molar-refractivity contribution in [2.75, 3.05) is 18.9 Å². The van der Waals surface area contributed by atoms with Crippen LogP contribution >= 0.6 is 0 Å². The van der Waals surface area contributed by atoms with Gasteiger partial charge in [-0.15, -0.1) is 0 Å². The first-order valence-electron chi connectivity index (χ1n) is 7.17. The van der Waals surface area contributed by atoms with Crippen molar-refractivity contribution in [1.82, 2.24) is 0 Å². The van der Waals surface area contributed by atoms with Crippen molar-refractivity contribution in [3.8, 4) is 0 Å². The van der Waals surface area contributed by atoms with Gasteiger partial charge in [-0.2, -0.15) is 0 Å². The first-order valence-corrected chi connectivity index (χ1v) is 7.17. The number of amidine groups is 1. The van der Waals surface area contributed by atoms with E-state index in [1.165, 1.54) is 12.1 Å². The Kier molecular flexibility index (Phi) is 6.52. The van der Waals surface area contributed by atoms with E-state index in [1.807, 2.05) is 0 Å². The lowest BCUT2D eigenvalue weighted by Crippen LogP contribution is -2.33. The third kappa shape index (κ3) is 4.82. The normalized spacial score (nSPS) is 14.0. The number of anilines is 1. The Balaban J connectivity index is 3.11. The molecule has 0 aromatic heterocycles. The number of ether oxygens (including phenoxy) is 1. The van der Waals surface area contributed by atoms with Gasteiger partial charge >= 0.3 is 0 Å². The van der Waals surface area contributed by atoms with Gasteiger partial charge in [0.15, 0.2) is 0 Å². The Morgan fingerprint density at radius 1 is 1.36 bits per heavy atom. The number of aliphatic imine (C=N–C) groups is 1. The van der Waals surface area contributed by atoms with E-state index in [4.69, 9.17) is 16.2 Å². The highest BCUT2D eigenvalue weighted by atomic mass is 19.3. The summed E-state index contributed by atoms with van der Waals surface area (Å²) in [6.45, 7) is 3.27. The van der Waals surface area contributed by atoms with Crippen LogP contribution in [-0.4, -0.2) is 25.1 Å². The van der Waals surface area contributed by atoms with E-state index in [1.54, 1.807) is 13.8 Å². The molecule has 0 radical (unpaired) electrons. The summed E-state index contributed by atoms with van der Waals surface area (Å²) in [5.74, 6) is -5.37. The van der Waals surface area contributed by atoms with E-state index in [9.17, 15) is 13.2 Å². The van der Waals surface area contributed by atoms with Gasteiger partial charge in [0.05, 0.1) is 5.92 Å². The van der Waals surface area contributed by atoms with Crippen LogP contribution in [0.1, 0.15) is 38.2 Å². The maximum atomic E-state index is 14.4. The van der Waals surface area contributed by atoms with Gasteiger partial charge in [0.25, 0.3) is 11.9 Å². The molecule has 7 heteroatoms. The summed E-state index contributed by atoms with van der Waals surface area (Å²) in [4.78, 5) is 3.77. The third-order valence-electron chi connectivity index (χ3n) is 3.20. The van der Waals surface area contributed by atoms with E-state index in [2.05, 4.69) is 4.99 Å². The first kappa shape index (κ1) is 18.1. The van der Waals surface area contributed by atoms with Crippen LogP contribution in [0, 0.1) is 5.82 Å². The Hall–Kier alpha value is -1.92. The van der Waals surface area contributed by atoms with Crippen LogP contribution < -0.4 is 11.5 Å². The molecular weight excluding hydrogens is 295 g/mol. The van der Waals surface area contributed by atoms with Gasteiger partial charge in [0.2, 0.25) is 0 Å². The zero-order valence-corrected chi connectivity index (χ0v) is 12.8. The number of hydrogen-bond acceptors (Lipinski definition) is 3. The van der Waals surface area contributed by atoms with Crippen molar-refractivity contribution >= 4 is 11.7 Å². The van der Waals surface area contributed by atoms with Crippen molar-refractivity contribution in [2.24, 2.45) is 10.7 Å². The van der Waals surface area contributed by atoms with Crippen molar-refractivity contribution in [1.29, 1.82) is 0 Å². The zero-order valence-electron chi connectivity index (χ0n) is 12.8. The quantitative estimate of drug-likeness (QED) is 0.460. The molecule has 1 aromatic carbocycles. The number of rotatable bonds is 7. The van der Waals surface area contributed by atoms with Gasteiger partial charge in [-0.1, -0.05) is 13.3 Å². The van der Waals surface area contributed by atoms with Gasteiger partial charge in [-0.25, -0.2) is 18.2 Å². The van der Waals surface area contributed by atoms with Crippen LogP contribution in [0.4, 0.5) is 18.9 Å². The molecule has 0 fully saturated rings. The molecule has 1 atom stereocenters. The van der Waals surface area contributed by atoms with E-state index < -0.39 is 24.3 Å². The number of alkyl halides is 2. The highest BCUT2D eigenvalue weighted by Crippen LogP contribution is 2.39. The maximum absolute atomic E-state index is 14.4. The molecule has 0 saturated heterocycles. The number of nitrogens with zero attached hydrogens (tertiary/aromatic N) is 1. The average Bonchev–Trinajstić information content (AvgIpc) is 2.42. The van der Waals surface area contributed by atoms with E-state index in [0.29, 0.717) is 6.54 Å². The first-order chi connectivity index (χ1) is 10.3. The number of nitrogen functional groups attached to an aromatic ring is 1. The van der Waals surface area contributed by atoms with Crippen molar-refractivity contribution < 1.29 is 17.9 Å². The highest BCUT2D eigenvalue weighted by Gasteiger charge is 2.41. The minimum Gasteiger partial charge on any atom is -0.465 e. The second-order valence-electron chi connectivity index (χ2n) is 4.97. The van der Waals surface area contributed by atoms with Crippen LogP contribution in [0.2, 0.25) is 0 Å². The molecule has 0 unspecified atom stereocenters. The summed E-state index contributed by atoms with van der Waals surface area (Å²) in [6.07, 6.45) is -0.133. The van der Waals surface area contributed by atoms with Crippen molar-refractivity contribution in [3.63, 3.8) is 0 Å². The molecule has 0 aliphatic carbocycles. The minimum atomic E-state index is -3.14. The molecule has 1 rings (SSSR count). The molecular formula is C15H22F3N3O. The summed E-state index contributed by atoms with van der Waals surface area (Å²) in [5.41, 5.74) is 11.1. The van der Waals surface area contributed by atoms with Crippen LogP contribution in [0.15, 0.2) is 23.2 Å².